The molecular formula is C12H18ClFN2. The Balaban J connectivity index is 3.03. The Morgan fingerprint density at radius 3 is 2.44 bits per heavy atom. The lowest BCUT2D eigenvalue weighted by molar-refractivity contribution is 0.336. The molecular weight excluding hydrogens is 227 g/mol. The van der Waals surface area contributed by atoms with Gasteiger partial charge in [0.1, 0.15) is 5.82 Å². The number of hydrogen-bond acceptors (Lipinski definition) is 2. The van der Waals surface area contributed by atoms with Gasteiger partial charge in [-0.1, -0.05) is 44.4 Å². The summed E-state index contributed by atoms with van der Waals surface area (Å²) < 4.78 is 13.7. The van der Waals surface area contributed by atoms with Crippen molar-refractivity contribution in [3.05, 3.63) is 34.6 Å². The number of nitrogens with two attached hydrogens (primary N) is 1. The quantitative estimate of drug-likeness (QED) is 0.615. The third-order valence-electron chi connectivity index (χ3n) is 3.00. The first-order valence-electron chi connectivity index (χ1n) is 5.55. The molecule has 1 unspecified atom stereocenters. The Morgan fingerprint density at radius 1 is 1.38 bits per heavy atom. The number of benzene rings is 1. The van der Waals surface area contributed by atoms with E-state index in [-0.39, 0.29) is 11.9 Å². The zero-order valence-electron chi connectivity index (χ0n) is 9.63. The van der Waals surface area contributed by atoms with Gasteiger partial charge >= 0.3 is 0 Å². The van der Waals surface area contributed by atoms with Gasteiger partial charge < -0.3 is 0 Å². The molecule has 0 saturated carbocycles. The molecule has 0 saturated heterocycles. The van der Waals surface area contributed by atoms with Crippen molar-refractivity contribution in [1.82, 2.24) is 5.43 Å². The average Bonchev–Trinajstić information content (AvgIpc) is 2.27. The normalized spacial score (nSPS) is 13.1. The van der Waals surface area contributed by atoms with Crippen LogP contribution in [0.5, 0.6) is 0 Å². The van der Waals surface area contributed by atoms with E-state index < -0.39 is 0 Å². The third kappa shape index (κ3) is 2.94. The first kappa shape index (κ1) is 13.4. The van der Waals surface area contributed by atoms with Crippen molar-refractivity contribution in [2.45, 2.75) is 32.7 Å². The average molecular weight is 245 g/mol. The minimum atomic E-state index is -0.303. The van der Waals surface area contributed by atoms with Crippen LogP contribution in [0.2, 0.25) is 5.02 Å². The van der Waals surface area contributed by atoms with E-state index in [1.807, 2.05) is 0 Å². The van der Waals surface area contributed by atoms with Crippen LogP contribution in [0.4, 0.5) is 4.39 Å². The highest BCUT2D eigenvalue weighted by Crippen LogP contribution is 2.29. The van der Waals surface area contributed by atoms with E-state index in [1.165, 1.54) is 6.07 Å². The summed E-state index contributed by atoms with van der Waals surface area (Å²) in [5, 5.41) is 0.404. The van der Waals surface area contributed by atoms with E-state index in [4.69, 9.17) is 17.4 Å². The summed E-state index contributed by atoms with van der Waals surface area (Å²) >= 11 is 5.72. The summed E-state index contributed by atoms with van der Waals surface area (Å²) in [6.07, 6.45) is 1.90. The van der Waals surface area contributed by atoms with E-state index >= 15 is 0 Å². The second-order valence-corrected chi connectivity index (χ2v) is 4.32. The zero-order valence-corrected chi connectivity index (χ0v) is 10.4. The third-order valence-corrected chi connectivity index (χ3v) is 3.23. The molecule has 0 aromatic heterocycles. The Hall–Kier alpha value is -0.640. The van der Waals surface area contributed by atoms with Gasteiger partial charge in [0, 0.05) is 10.6 Å². The summed E-state index contributed by atoms with van der Waals surface area (Å²) in [4.78, 5) is 0. The summed E-state index contributed by atoms with van der Waals surface area (Å²) in [5.41, 5.74) is 3.28. The van der Waals surface area contributed by atoms with Crippen LogP contribution in [0.15, 0.2) is 18.2 Å². The van der Waals surface area contributed by atoms with Gasteiger partial charge in [-0.05, 0) is 18.1 Å². The van der Waals surface area contributed by atoms with Gasteiger partial charge in [-0.2, -0.15) is 0 Å². The van der Waals surface area contributed by atoms with Crippen LogP contribution >= 0.6 is 11.6 Å². The monoisotopic (exact) mass is 244 g/mol. The van der Waals surface area contributed by atoms with E-state index in [0.29, 0.717) is 16.5 Å². The Labute approximate surface area is 101 Å². The Bertz CT molecular complexity index is 340. The molecule has 0 aliphatic carbocycles. The first-order chi connectivity index (χ1) is 7.63. The number of halogens is 2. The van der Waals surface area contributed by atoms with Crippen LogP contribution in [-0.2, 0) is 0 Å². The maximum absolute atomic E-state index is 13.7. The van der Waals surface area contributed by atoms with Gasteiger partial charge in [0.2, 0.25) is 0 Å². The van der Waals surface area contributed by atoms with Crippen molar-refractivity contribution in [1.29, 1.82) is 0 Å². The highest BCUT2D eigenvalue weighted by molar-refractivity contribution is 6.30. The topological polar surface area (TPSA) is 38.0 Å². The van der Waals surface area contributed by atoms with Crippen molar-refractivity contribution in [3.63, 3.8) is 0 Å². The highest BCUT2D eigenvalue weighted by atomic mass is 35.5. The van der Waals surface area contributed by atoms with Gasteiger partial charge in [0.15, 0.2) is 0 Å². The standard InChI is InChI=1S/C12H18ClFN2/c1-3-8(4-2)12(16-15)10-6-5-9(13)7-11(10)14/h5-8,12,16H,3-4,15H2,1-2H3. The van der Waals surface area contributed by atoms with Crippen molar-refractivity contribution >= 4 is 11.6 Å². The fraction of sp³-hybridized carbons (Fsp3) is 0.500. The predicted octanol–water partition coefficient (Wildman–Crippen LogP) is 3.42. The minimum Gasteiger partial charge on any atom is -0.271 e. The predicted molar refractivity (Wildman–Crippen MR) is 65.5 cm³/mol. The number of hydrogen-bond donors (Lipinski definition) is 2. The van der Waals surface area contributed by atoms with E-state index in [9.17, 15) is 4.39 Å². The molecule has 2 nitrogen and oxygen atoms in total. The maximum atomic E-state index is 13.7. The Kier molecular flexibility index (Phi) is 5.19. The number of nitrogens with one attached hydrogen (secondary N) is 1. The molecule has 3 N–H and O–H groups in total. The van der Waals surface area contributed by atoms with Crippen LogP contribution < -0.4 is 11.3 Å². The molecule has 0 bridgehead atoms. The molecule has 90 valence electrons. The Morgan fingerprint density at radius 2 is 2.00 bits per heavy atom. The molecule has 0 aliphatic rings. The second kappa shape index (κ2) is 6.18. The summed E-state index contributed by atoms with van der Waals surface area (Å²) in [5.74, 6) is 5.53. The van der Waals surface area contributed by atoms with Gasteiger partial charge in [-0.3, -0.25) is 11.3 Å². The molecule has 0 radical (unpaired) electrons. The highest BCUT2D eigenvalue weighted by Gasteiger charge is 2.21. The number of hydrazine groups is 1. The van der Waals surface area contributed by atoms with Gasteiger partial charge in [-0.25, -0.2) is 4.39 Å². The van der Waals surface area contributed by atoms with Gasteiger partial charge in [-0.15, -0.1) is 0 Å². The van der Waals surface area contributed by atoms with Crippen molar-refractivity contribution < 1.29 is 4.39 Å². The summed E-state index contributed by atoms with van der Waals surface area (Å²) in [6, 6.07) is 4.55. The smallest absolute Gasteiger partial charge is 0.129 e. The molecule has 4 heteroatoms. The molecule has 1 rings (SSSR count). The minimum absolute atomic E-state index is 0.160. The van der Waals surface area contributed by atoms with Crippen LogP contribution in [0, 0.1) is 11.7 Å². The molecule has 0 fully saturated rings. The fourth-order valence-corrected chi connectivity index (χ4v) is 2.15. The van der Waals surface area contributed by atoms with E-state index in [0.717, 1.165) is 12.8 Å². The molecule has 1 aromatic rings. The summed E-state index contributed by atoms with van der Waals surface area (Å²) in [7, 11) is 0. The lowest BCUT2D eigenvalue weighted by Gasteiger charge is -2.25. The van der Waals surface area contributed by atoms with Crippen molar-refractivity contribution in [3.8, 4) is 0 Å². The molecule has 1 atom stereocenters. The van der Waals surface area contributed by atoms with Crippen LogP contribution in [0.3, 0.4) is 0 Å². The fourth-order valence-electron chi connectivity index (χ4n) is 1.99. The zero-order chi connectivity index (χ0) is 12.1. The SMILES string of the molecule is CCC(CC)C(NN)c1ccc(Cl)cc1F. The molecule has 1 aromatic carbocycles. The van der Waals surface area contributed by atoms with Crippen molar-refractivity contribution in [2.24, 2.45) is 11.8 Å². The first-order valence-corrected chi connectivity index (χ1v) is 5.92. The molecule has 16 heavy (non-hydrogen) atoms. The van der Waals surface area contributed by atoms with Gasteiger partial charge in [0.25, 0.3) is 0 Å². The lowest BCUT2D eigenvalue weighted by Crippen LogP contribution is -2.33. The van der Waals surface area contributed by atoms with Gasteiger partial charge in [0.05, 0.1) is 6.04 Å². The van der Waals surface area contributed by atoms with Crippen LogP contribution in [-0.4, -0.2) is 0 Å². The number of rotatable bonds is 5. The molecule has 0 aliphatic heterocycles. The van der Waals surface area contributed by atoms with Crippen LogP contribution in [0.25, 0.3) is 0 Å². The lowest BCUT2D eigenvalue weighted by atomic mass is 9.89. The molecule has 0 spiro atoms. The van der Waals surface area contributed by atoms with E-state index in [2.05, 4.69) is 19.3 Å². The van der Waals surface area contributed by atoms with E-state index in [1.54, 1.807) is 12.1 Å². The molecule has 0 amide bonds. The molecule has 0 heterocycles. The largest absolute Gasteiger partial charge is 0.271 e. The van der Waals surface area contributed by atoms with Crippen LogP contribution in [0.1, 0.15) is 38.3 Å². The maximum Gasteiger partial charge on any atom is 0.129 e. The summed E-state index contributed by atoms with van der Waals surface area (Å²) in [6.45, 7) is 4.15. The second-order valence-electron chi connectivity index (χ2n) is 3.89. The van der Waals surface area contributed by atoms with Crippen molar-refractivity contribution in [2.75, 3.05) is 0 Å².